The van der Waals surface area contributed by atoms with Crippen LogP contribution in [0.25, 0.3) is 11.0 Å². The highest BCUT2D eigenvalue weighted by atomic mass is 127. The highest BCUT2D eigenvalue weighted by Crippen LogP contribution is 2.32. The van der Waals surface area contributed by atoms with Gasteiger partial charge in [-0.25, -0.2) is 10.2 Å². The predicted octanol–water partition coefficient (Wildman–Crippen LogP) is 6.24. The Morgan fingerprint density at radius 3 is 2.58 bits per heavy atom. The number of nitrogens with one attached hydrogen (secondary N) is 1. The van der Waals surface area contributed by atoms with E-state index in [0.29, 0.717) is 28.2 Å². The fraction of sp³-hybridized carbons (Fsp3) is 0.115. The Bertz CT molecular complexity index is 1430. The van der Waals surface area contributed by atoms with Crippen molar-refractivity contribution >= 4 is 67.6 Å². The van der Waals surface area contributed by atoms with Crippen molar-refractivity contribution in [1.82, 2.24) is 5.43 Å². The zero-order valence-corrected chi connectivity index (χ0v) is 22.7. The van der Waals surface area contributed by atoms with E-state index in [1.807, 2.05) is 25.1 Å². The van der Waals surface area contributed by atoms with Crippen LogP contribution in [0, 0.1) is 3.57 Å². The van der Waals surface area contributed by atoms with E-state index in [4.69, 9.17) is 19.0 Å². The number of fused-ring (bicyclic) bond motifs is 1. The average molecular weight is 663 g/mol. The molecule has 0 atom stereocenters. The molecule has 36 heavy (non-hydrogen) atoms. The molecule has 0 saturated carbocycles. The third-order valence-electron chi connectivity index (χ3n) is 5.01. The largest absolute Gasteiger partial charge is 0.494 e. The molecule has 3 aromatic carbocycles. The molecule has 10 heteroatoms. The van der Waals surface area contributed by atoms with Crippen LogP contribution in [-0.2, 0) is 6.61 Å². The second-order valence-electron chi connectivity index (χ2n) is 7.55. The van der Waals surface area contributed by atoms with E-state index in [0.717, 1.165) is 20.1 Å². The summed E-state index contributed by atoms with van der Waals surface area (Å²) in [6, 6.07) is 17.2. The Balaban J connectivity index is 1.38. The van der Waals surface area contributed by atoms with E-state index in [1.54, 1.807) is 42.5 Å². The summed E-state index contributed by atoms with van der Waals surface area (Å²) in [6.45, 7) is 2.73. The fourth-order valence-electron chi connectivity index (χ4n) is 3.30. The standard InChI is InChI=1S/C26H20BrIN2O6/c1-2-34-19-7-8-22-18(11-19)12-23(36-22)25(31)30-29-13-16-9-20(27)24(21(28)10-16)35-14-15-3-5-17(6-4-15)26(32)33/h3-13H,2,14H2,1H3,(H,30,31)(H,32,33)/b29-13+. The van der Waals surface area contributed by atoms with E-state index < -0.39 is 11.9 Å². The minimum atomic E-state index is -0.970. The van der Waals surface area contributed by atoms with Crippen molar-refractivity contribution in [3.05, 3.63) is 91.2 Å². The minimum absolute atomic E-state index is 0.145. The van der Waals surface area contributed by atoms with Crippen LogP contribution < -0.4 is 14.9 Å². The van der Waals surface area contributed by atoms with Gasteiger partial charge in [0, 0.05) is 5.39 Å². The highest BCUT2D eigenvalue weighted by molar-refractivity contribution is 14.1. The lowest BCUT2D eigenvalue weighted by Crippen LogP contribution is -2.16. The lowest BCUT2D eigenvalue weighted by atomic mass is 10.1. The molecular weight excluding hydrogens is 643 g/mol. The number of rotatable bonds is 9. The summed E-state index contributed by atoms with van der Waals surface area (Å²) >= 11 is 5.67. The summed E-state index contributed by atoms with van der Waals surface area (Å²) in [5, 5.41) is 13.8. The summed E-state index contributed by atoms with van der Waals surface area (Å²) in [7, 11) is 0. The molecule has 8 nitrogen and oxygen atoms in total. The Kier molecular flexibility index (Phi) is 8.26. The van der Waals surface area contributed by atoms with E-state index in [-0.39, 0.29) is 17.9 Å². The van der Waals surface area contributed by atoms with E-state index in [9.17, 15) is 9.59 Å². The summed E-state index contributed by atoms with van der Waals surface area (Å²) in [4.78, 5) is 23.5. The molecule has 1 aromatic heterocycles. The Morgan fingerprint density at radius 2 is 1.89 bits per heavy atom. The van der Waals surface area contributed by atoms with Gasteiger partial charge in [0.25, 0.3) is 0 Å². The van der Waals surface area contributed by atoms with Gasteiger partial charge in [-0.2, -0.15) is 5.10 Å². The van der Waals surface area contributed by atoms with E-state index in [2.05, 4.69) is 49.0 Å². The Morgan fingerprint density at radius 1 is 1.11 bits per heavy atom. The number of carbonyl (C=O) groups is 2. The summed E-state index contributed by atoms with van der Waals surface area (Å²) in [5.74, 6) is 0.0592. The number of carboxylic acids is 1. The number of carboxylic acid groups (broad SMARTS) is 1. The van der Waals surface area contributed by atoms with Crippen LogP contribution in [-0.4, -0.2) is 29.8 Å². The Labute approximate surface area is 228 Å². The second-order valence-corrected chi connectivity index (χ2v) is 9.56. The maximum Gasteiger partial charge on any atom is 0.335 e. The van der Waals surface area contributed by atoms with Gasteiger partial charge in [-0.1, -0.05) is 12.1 Å². The second kappa shape index (κ2) is 11.6. The van der Waals surface area contributed by atoms with Crippen LogP contribution >= 0.6 is 38.5 Å². The number of ether oxygens (including phenoxy) is 2. The van der Waals surface area contributed by atoms with E-state index in [1.165, 1.54) is 6.21 Å². The molecule has 0 bridgehead atoms. The third kappa shape index (κ3) is 6.24. The molecule has 4 aromatic rings. The van der Waals surface area contributed by atoms with Gasteiger partial charge in [0.05, 0.1) is 26.4 Å². The number of hydrogen-bond donors (Lipinski definition) is 2. The van der Waals surface area contributed by atoms with Crippen molar-refractivity contribution in [3.8, 4) is 11.5 Å². The summed E-state index contributed by atoms with van der Waals surface area (Å²) in [6.07, 6.45) is 1.52. The molecule has 0 unspecified atom stereocenters. The molecule has 0 saturated heterocycles. The molecule has 184 valence electrons. The van der Waals surface area contributed by atoms with E-state index >= 15 is 0 Å². The van der Waals surface area contributed by atoms with Gasteiger partial charge < -0.3 is 19.0 Å². The number of benzene rings is 3. The van der Waals surface area contributed by atoms with Gasteiger partial charge >= 0.3 is 11.9 Å². The SMILES string of the molecule is CCOc1ccc2oc(C(=O)N/N=C/c3cc(Br)c(OCc4ccc(C(=O)O)cc4)c(I)c3)cc2c1. The first-order chi connectivity index (χ1) is 17.3. The van der Waals surface area contributed by atoms with Gasteiger partial charge in [-0.05, 0) is 105 Å². The van der Waals surface area contributed by atoms with Crippen LogP contribution in [0.3, 0.4) is 0 Å². The zero-order chi connectivity index (χ0) is 25.7. The van der Waals surface area contributed by atoms with Crippen LogP contribution in [0.1, 0.15) is 39.0 Å². The number of furan rings is 1. The topological polar surface area (TPSA) is 110 Å². The van der Waals surface area contributed by atoms with Crippen LogP contribution in [0.5, 0.6) is 11.5 Å². The number of carbonyl (C=O) groups excluding carboxylic acids is 1. The molecule has 4 rings (SSSR count). The van der Waals surface area contributed by atoms with Crippen molar-refractivity contribution in [2.75, 3.05) is 6.61 Å². The van der Waals surface area contributed by atoms with Gasteiger partial charge in [-0.3, -0.25) is 4.79 Å². The Hall–Kier alpha value is -3.38. The smallest absolute Gasteiger partial charge is 0.335 e. The van der Waals surface area contributed by atoms with Crippen LogP contribution in [0.4, 0.5) is 0 Å². The number of aromatic carboxylic acids is 1. The van der Waals surface area contributed by atoms with Crippen LogP contribution in [0.2, 0.25) is 0 Å². The van der Waals surface area contributed by atoms with Gasteiger partial charge in [0.2, 0.25) is 0 Å². The van der Waals surface area contributed by atoms with Gasteiger partial charge in [-0.15, -0.1) is 0 Å². The molecule has 0 spiro atoms. The maximum absolute atomic E-state index is 12.5. The number of hydrazone groups is 1. The first-order valence-electron chi connectivity index (χ1n) is 10.8. The van der Waals surface area contributed by atoms with Crippen LogP contribution in [0.15, 0.2) is 74.7 Å². The zero-order valence-electron chi connectivity index (χ0n) is 19.0. The quantitative estimate of drug-likeness (QED) is 0.125. The predicted molar refractivity (Wildman–Crippen MR) is 147 cm³/mol. The molecule has 1 heterocycles. The summed E-state index contributed by atoms with van der Waals surface area (Å²) < 4.78 is 18.6. The lowest BCUT2D eigenvalue weighted by Gasteiger charge is -2.11. The van der Waals surface area contributed by atoms with Gasteiger partial charge in [0.15, 0.2) is 5.76 Å². The highest BCUT2D eigenvalue weighted by Gasteiger charge is 2.13. The first kappa shape index (κ1) is 25.7. The molecule has 0 fully saturated rings. The molecule has 0 aliphatic carbocycles. The maximum atomic E-state index is 12.5. The van der Waals surface area contributed by atoms with Gasteiger partial charge in [0.1, 0.15) is 23.7 Å². The van der Waals surface area contributed by atoms with Crippen molar-refractivity contribution in [2.45, 2.75) is 13.5 Å². The van der Waals surface area contributed by atoms with Crippen molar-refractivity contribution in [3.63, 3.8) is 0 Å². The molecule has 0 aliphatic heterocycles. The molecular formula is C26H20BrIN2O6. The monoisotopic (exact) mass is 662 g/mol. The molecule has 0 aliphatic rings. The number of amides is 1. The molecule has 0 radical (unpaired) electrons. The number of hydrogen-bond acceptors (Lipinski definition) is 6. The normalized spacial score (nSPS) is 11.1. The number of nitrogens with zero attached hydrogens (tertiary/aromatic N) is 1. The fourth-order valence-corrected chi connectivity index (χ4v) is 5.07. The van der Waals surface area contributed by atoms with Crippen molar-refractivity contribution in [1.29, 1.82) is 0 Å². The van der Waals surface area contributed by atoms with Crippen molar-refractivity contribution in [2.24, 2.45) is 5.10 Å². The number of halogens is 2. The average Bonchev–Trinajstić information content (AvgIpc) is 3.28. The molecule has 2 N–H and O–H groups in total. The first-order valence-corrected chi connectivity index (χ1v) is 12.6. The van der Waals surface area contributed by atoms with Crippen molar-refractivity contribution < 1.29 is 28.6 Å². The summed E-state index contributed by atoms with van der Waals surface area (Å²) in [5.41, 5.74) is 4.87. The molecule has 1 amide bonds. The minimum Gasteiger partial charge on any atom is -0.494 e. The lowest BCUT2D eigenvalue weighted by molar-refractivity contribution is 0.0696. The third-order valence-corrected chi connectivity index (χ3v) is 6.40.